The standard InChI is InChI=1S/C25H30N4O3.C2HF3O2/c1-29-13-12-25(18-6-9-21(31-2)22(14-18)32-3)11-10-20(15-23(25)29)28-24(30)27-19-7-4-17(16-26)5-8-19;3-2(4,5)1(6)7/h4-9,14,20,23H,10-13,15H2,1-3H3,(H2,27,28,30);(H,6,7)/t20-,23+,25+;/m1./s1. The van der Waals surface area contributed by atoms with Gasteiger partial charge in [-0.2, -0.15) is 18.4 Å². The van der Waals surface area contributed by atoms with Crippen molar-refractivity contribution in [2.24, 2.45) is 0 Å². The first-order valence-corrected chi connectivity index (χ1v) is 12.2. The van der Waals surface area contributed by atoms with E-state index in [2.05, 4.69) is 40.8 Å². The molecule has 0 radical (unpaired) electrons. The molecule has 0 bridgehead atoms. The molecule has 210 valence electrons. The Kier molecular flexibility index (Phi) is 9.29. The molecule has 1 aliphatic heterocycles. The summed E-state index contributed by atoms with van der Waals surface area (Å²) < 4.78 is 42.7. The Morgan fingerprint density at radius 2 is 1.74 bits per heavy atom. The Bertz CT molecular complexity index is 1220. The Labute approximate surface area is 224 Å². The Balaban J connectivity index is 0.000000532. The van der Waals surface area contributed by atoms with Gasteiger partial charge < -0.3 is 30.1 Å². The van der Waals surface area contributed by atoms with Crippen molar-refractivity contribution in [2.45, 2.75) is 49.4 Å². The summed E-state index contributed by atoms with van der Waals surface area (Å²) in [5, 5.41) is 22.1. The van der Waals surface area contributed by atoms with Crippen LogP contribution in [-0.2, 0) is 10.2 Å². The number of nitriles is 1. The van der Waals surface area contributed by atoms with Gasteiger partial charge in [0.1, 0.15) is 0 Å². The van der Waals surface area contributed by atoms with Gasteiger partial charge >= 0.3 is 18.2 Å². The fourth-order valence-electron chi connectivity index (χ4n) is 5.38. The van der Waals surface area contributed by atoms with Gasteiger partial charge in [-0.25, -0.2) is 9.59 Å². The molecule has 3 N–H and O–H groups in total. The number of carboxylic acid groups (broad SMARTS) is 1. The van der Waals surface area contributed by atoms with Crippen molar-refractivity contribution in [3.8, 4) is 17.6 Å². The number of rotatable bonds is 5. The van der Waals surface area contributed by atoms with Crippen molar-refractivity contribution in [1.29, 1.82) is 5.26 Å². The van der Waals surface area contributed by atoms with Crippen molar-refractivity contribution in [3.63, 3.8) is 0 Å². The zero-order chi connectivity index (χ0) is 28.8. The number of carbonyl (C=O) groups is 2. The molecule has 12 heteroatoms. The second kappa shape index (κ2) is 12.3. The number of hydrogen-bond acceptors (Lipinski definition) is 6. The van der Waals surface area contributed by atoms with Gasteiger partial charge in [0, 0.05) is 23.2 Å². The van der Waals surface area contributed by atoms with E-state index in [1.165, 1.54) is 5.56 Å². The molecular weight excluding hydrogens is 517 g/mol. The quantitative estimate of drug-likeness (QED) is 0.502. The number of methoxy groups -OCH3 is 2. The molecule has 0 spiro atoms. The summed E-state index contributed by atoms with van der Waals surface area (Å²) in [5.41, 5.74) is 2.58. The van der Waals surface area contributed by atoms with Crippen LogP contribution in [0.3, 0.4) is 0 Å². The van der Waals surface area contributed by atoms with E-state index >= 15 is 0 Å². The van der Waals surface area contributed by atoms with Gasteiger partial charge in [-0.1, -0.05) is 6.07 Å². The molecule has 4 rings (SSSR count). The number of aliphatic carboxylic acids is 1. The molecule has 0 unspecified atom stereocenters. The molecule has 2 aromatic carbocycles. The number of nitrogens with one attached hydrogen (secondary N) is 2. The molecule has 2 aromatic rings. The van der Waals surface area contributed by atoms with E-state index in [0.717, 1.165) is 43.7 Å². The van der Waals surface area contributed by atoms with E-state index in [9.17, 15) is 18.0 Å². The number of amides is 2. The summed E-state index contributed by atoms with van der Waals surface area (Å²) in [6.07, 6.45) is -1.18. The Morgan fingerprint density at radius 1 is 1.10 bits per heavy atom. The van der Waals surface area contributed by atoms with Crippen molar-refractivity contribution in [3.05, 3.63) is 53.6 Å². The number of nitrogens with zero attached hydrogens (tertiary/aromatic N) is 2. The van der Waals surface area contributed by atoms with Crippen LogP contribution in [0.25, 0.3) is 0 Å². The van der Waals surface area contributed by atoms with Crippen LogP contribution in [0.5, 0.6) is 11.5 Å². The molecule has 39 heavy (non-hydrogen) atoms. The molecule has 1 heterocycles. The van der Waals surface area contributed by atoms with Gasteiger partial charge in [0.25, 0.3) is 0 Å². The van der Waals surface area contributed by atoms with E-state index in [-0.39, 0.29) is 17.5 Å². The number of likely N-dealkylation sites (N-methyl/N-ethyl adjacent to an activating group) is 1. The van der Waals surface area contributed by atoms with Crippen molar-refractivity contribution < 1.29 is 37.3 Å². The average Bonchev–Trinajstić information content (AvgIpc) is 3.25. The highest BCUT2D eigenvalue weighted by Gasteiger charge is 2.50. The minimum Gasteiger partial charge on any atom is -0.493 e. The summed E-state index contributed by atoms with van der Waals surface area (Å²) in [5.74, 6) is -1.26. The smallest absolute Gasteiger partial charge is 0.490 e. The van der Waals surface area contributed by atoms with Gasteiger partial charge in [-0.05, 0) is 81.2 Å². The molecule has 9 nitrogen and oxygen atoms in total. The normalized spacial score (nSPS) is 22.4. The number of hydrogen-bond donors (Lipinski definition) is 3. The van der Waals surface area contributed by atoms with Crippen LogP contribution in [0.4, 0.5) is 23.7 Å². The van der Waals surface area contributed by atoms with Crippen LogP contribution in [0, 0.1) is 11.3 Å². The molecule has 3 atom stereocenters. The summed E-state index contributed by atoms with van der Waals surface area (Å²) in [7, 11) is 5.50. The molecular formula is C27H31F3N4O5. The SMILES string of the molecule is COc1ccc([C@@]23CC[C@@H](NC(=O)Nc4ccc(C#N)cc4)C[C@@H]2N(C)CC3)cc1OC.O=C(O)C(F)(F)F. The summed E-state index contributed by atoms with van der Waals surface area (Å²) >= 11 is 0. The van der Waals surface area contributed by atoms with E-state index in [4.69, 9.17) is 24.6 Å². The number of anilines is 1. The first-order valence-electron chi connectivity index (χ1n) is 12.2. The van der Waals surface area contributed by atoms with Gasteiger partial charge in [-0.15, -0.1) is 0 Å². The molecule has 1 saturated heterocycles. The number of likely N-dealkylation sites (tertiary alicyclic amines) is 1. The molecule has 1 saturated carbocycles. The molecule has 0 aromatic heterocycles. The average molecular weight is 549 g/mol. The Morgan fingerprint density at radius 3 is 2.31 bits per heavy atom. The second-order valence-electron chi connectivity index (χ2n) is 9.53. The molecule has 1 aliphatic carbocycles. The maximum absolute atomic E-state index is 12.6. The maximum Gasteiger partial charge on any atom is 0.490 e. The highest BCUT2D eigenvalue weighted by molar-refractivity contribution is 5.89. The second-order valence-corrected chi connectivity index (χ2v) is 9.53. The van der Waals surface area contributed by atoms with Crippen LogP contribution < -0.4 is 20.1 Å². The highest BCUT2D eigenvalue weighted by atomic mass is 19.4. The largest absolute Gasteiger partial charge is 0.493 e. The van der Waals surface area contributed by atoms with Crippen LogP contribution >= 0.6 is 0 Å². The van der Waals surface area contributed by atoms with Crippen LogP contribution in [0.2, 0.25) is 0 Å². The lowest BCUT2D eigenvalue weighted by Crippen LogP contribution is -2.52. The lowest BCUT2D eigenvalue weighted by Gasteiger charge is -2.45. The van der Waals surface area contributed by atoms with Gasteiger partial charge in [0.05, 0.1) is 25.9 Å². The minimum atomic E-state index is -5.08. The third-order valence-corrected chi connectivity index (χ3v) is 7.34. The van der Waals surface area contributed by atoms with E-state index in [1.54, 1.807) is 38.5 Å². The molecule has 2 amide bonds. The van der Waals surface area contributed by atoms with Crippen LogP contribution in [0.15, 0.2) is 42.5 Å². The number of benzene rings is 2. The number of carbonyl (C=O) groups excluding carboxylic acids is 1. The van der Waals surface area contributed by atoms with Gasteiger partial charge in [-0.3, -0.25) is 0 Å². The van der Waals surface area contributed by atoms with Crippen LogP contribution in [0.1, 0.15) is 36.8 Å². The number of carboxylic acids is 1. The van der Waals surface area contributed by atoms with E-state index in [0.29, 0.717) is 17.3 Å². The fraction of sp³-hybridized carbons (Fsp3) is 0.444. The van der Waals surface area contributed by atoms with Crippen LogP contribution in [-0.4, -0.2) is 68.1 Å². The number of ether oxygens (including phenoxy) is 2. The van der Waals surface area contributed by atoms with Gasteiger partial charge in [0.2, 0.25) is 0 Å². The third-order valence-electron chi connectivity index (χ3n) is 7.34. The number of alkyl halides is 3. The lowest BCUT2D eigenvalue weighted by molar-refractivity contribution is -0.192. The first-order chi connectivity index (χ1) is 18.4. The highest BCUT2D eigenvalue weighted by Crippen LogP contribution is 2.49. The zero-order valence-corrected chi connectivity index (χ0v) is 21.8. The van der Waals surface area contributed by atoms with Crippen molar-refractivity contribution in [2.75, 3.05) is 33.1 Å². The minimum absolute atomic E-state index is 0.0517. The predicted octanol–water partition coefficient (Wildman–Crippen LogP) is 4.52. The van der Waals surface area contributed by atoms with E-state index < -0.39 is 12.1 Å². The number of fused-ring (bicyclic) bond motifs is 1. The first kappa shape index (κ1) is 29.6. The molecule has 2 fully saturated rings. The summed E-state index contributed by atoms with van der Waals surface area (Å²) in [4.78, 5) is 23.9. The monoisotopic (exact) mass is 548 g/mol. The topological polar surface area (TPSA) is 124 Å². The van der Waals surface area contributed by atoms with Crippen molar-refractivity contribution >= 4 is 17.7 Å². The molecule has 2 aliphatic rings. The predicted molar refractivity (Wildman–Crippen MR) is 137 cm³/mol. The maximum atomic E-state index is 12.6. The summed E-state index contributed by atoms with van der Waals surface area (Å²) in [6, 6.07) is 15.5. The van der Waals surface area contributed by atoms with Gasteiger partial charge in [0.15, 0.2) is 11.5 Å². The zero-order valence-electron chi connectivity index (χ0n) is 21.8. The lowest BCUT2D eigenvalue weighted by atomic mass is 9.65. The Hall–Kier alpha value is -3.98. The third kappa shape index (κ3) is 6.92. The van der Waals surface area contributed by atoms with Crippen molar-refractivity contribution in [1.82, 2.24) is 10.2 Å². The number of halogens is 3. The summed E-state index contributed by atoms with van der Waals surface area (Å²) in [6.45, 7) is 1.03. The fourth-order valence-corrected chi connectivity index (χ4v) is 5.38. The van der Waals surface area contributed by atoms with E-state index in [1.807, 2.05) is 6.07 Å². The number of urea groups is 1.